The van der Waals surface area contributed by atoms with Crippen molar-refractivity contribution in [3.63, 3.8) is 0 Å². The molecule has 1 aliphatic carbocycles. The van der Waals surface area contributed by atoms with E-state index in [1.54, 1.807) is 7.11 Å². The van der Waals surface area contributed by atoms with Gasteiger partial charge in [0, 0.05) is 38.0 Å². The minimum Gasteiger partial charge on any atom is -0.497 e. The van der Waals surface area contributed by atoms with Crippen LogP contribution in [0.3, 0.4) is 0 Å². The van der Waals surface area contributed by atoms with Crippen molar-refractivity contribution in [2.75, 3.05) is 33.3 Å². The van der Waals surface area contributed by atoms with E-state index in [1.165, 1.54) is 11.1 Å². The standard InChI is InChI=1S/C22H28N2O3/c1-27-20-6-4-16(5-7-20)17-8-12-23(13-9-17)22(26)19-10-14-24(15-11-19)21(25)18-2-3-18/h4-8,18-19H,2-3,9-15H2,1H3. The molecule has 2 heterocycles. The Morgan fingerprint density at radius 1 is 0.889 bits per heavy atom. The fourth-order valence-corrected chi connectivity index (χ4v) is 4.13. The highest BCUT2D eigenvalue weighted by molar-refractivity contribution is 5.83. The van der Waals surface area contributed by atoms with Gasteiger partial charge in [0.15, 0.2) is 0 Å². The van der Waals surface area contributed by atoms with E-state index in [0.29, 0.717) is 12.5 Å². The molecule has 2 amide bonds. The smallest absolute Gasteiger partial charge is 0.226 e. The van der Waals surface area contributed by atoms with Gasteiger partial charge in [-0.15, -0.1) is 0 Å². The van der Waals surface area contributed by atoms with E-state index in [0.717, 1.165) is 57.5 Å². The molecule has 4 rings (SSSR count). The van der Waals surface area contributed by atoms with Crippen molar-refractivity contribution in [3.05, 3.63) is 35.9 Å². The van der Waals surface area contributed by atoms with Gasteiger partial charge in [-0.3, -0.25) is 9.59 Å². The predicted octanol–water partition coefficient (Wildman–Crippen LogP) is 2.96. The Morgan fingerprint density at radius 2 is 1.52 bits per heavy atom. The zero-order valence-electron chi connectivity index (χ0n) is 16.0. The number of hydrogen-bond donors (Lipinski definition) is 0. The Morgan fingerprint density at radius 3 is 2.07 bits per heavy atom. The van der Waals surface area contributed by atoms with Gasteiger partial charge in [0.05, 0.1) is 7.11 Å². The van der Waals surface area contributed by atoms with Crippen LogP contribution in [0.25, 0.3) is 5.57 Å². The first-order chi connectivity index (χ1) is 13.2. The number of likely N-dealkylation sites (tertiary alicyclic amines) is 1. The molecule has 27 heavy (non-hydrogen) atoms. The molecule has 2 fully saturated rings. The lowest BCUT2D eigenvalue weighted by molar-refractivity contribution is -0.141. The van der Waals surface area contributed by atoms with Crippen molar-refractivity contribution < 1.29 is 14.3 Å². The second-order valence-corrected chi connectivity index (χ2v) is 7.87. The van der Waals surface area contributed by atoms with Crippen LogP contribution >= 0.6 is 0 Å². The summed E-state index contributed by atoms with van der Waals surface area (Å²) < 4.78 is 5.21. The van der Waals surface area contributed by atoms with Crippen LogP contribution in [-0.4, -0.2) is 54.9 Å². The topological polar surface area (TPSA) is 49.9 Å². The maximum absolute atomic E-state index is 12.9. The van der Waals surface area contributed by atoms with Gasteiger partial charge in [-0.1, -0.05) is 18.2 Å². The van der Waals surface area contributed by atoms with Crippen LogP contribution in [0.5, 0.6) is 5.75 Å². The molecule has 1 saturated heterocycles. The first-order valence-corrected chi connectivity index (χ1v) is 10.1. The van der Waals surface area contributed by atoms with Gasteiger partial charge < -0.3 is 14.5 Å². The van der Waals surface area contributed by atoms with Crippen molar-refractivity contribution >= 4 is 17.4 Å². The number of carbonyl (C=O) groups excluding carboxylic acids is 2. The van der Waals surface area contributed by atoms with Crippen molar-refractivity contribution in [1.29, 1.82) is 0 Å². The summed E-state index contributed by atoms with van der Waals surface area (Å²) in [5.74, 6) is 1.79. The number of benzene rings is 1. The number of piperidine rings is 1. The molecule has 0 bridgehead atoms. The van der Waals surface area contributed by atoms with Gasteiger partial charge in [-0.25, -0.2) is 0 Å². The van der Waals surface area contributed by atoms with Crippen molar-refractivity contribution in [3.8, 4) is 5.75 Å². The Kier molecular flexibility index (Phi) is 5.19. The largest absolute Gasteiger partial charge is 0.497 e. The lowest BCUT2D eigenvalue weighted by atomic mass is 9.93. The van der Waals surface area contributed by atoms with Crippen LogP contribution in [-0.2, 0) is 9.59 Å². The molecule has 0 atom stereocenters. The third-order valence-electron chi connectivity index (χ3n) is 6.06. The van der Waals surface area contributed by atoms with E-state index in [4.69, 9.17) is 4.74 Å². The molecule has 0 spiro atoms. The predicted molar refractivity (Wildman–Crippen MR) is 104 cm³/mol. The third-order valence-corrected chi connectivity index (χ3v) is 6.06. The summed E-state index contributed by atoms with van der Waals surface area (Å²) in [5, 5.41) is 0. The van der Waals surface area contributed by atoms with Gasteiger partial charge >= 0.3 is 0 Å². The number of ether oxygens (including phenoxy) is 1. The number of amides is 2. The van der Waals surface area contributed by atoms with Gasteiger partial charge in [-0.2, -0.15) is 0 Å². The zero-order chi connectivity index (χ0) is 18.8. The number of methoxy groups -OCH3 is 1. The van der Waals surface area contributed by atoms with E-state index in [2.05, 4.69) is 18.2 Å². The van der Waals surface area contributed by atoms with Crippen LogP contribution in [0.15, 0.2) is 30.3 Å². The molecule has 1 aromatic carbocycles. The van der Waals surface area contributed by atoms with Gasteiger partial charge in [-0.05, 0) is 55.4 Å². The third kappa shape index (κ3) is 4.02. The quantitative estimate of drug-likeness (QED) is 0.821. The fourth-order valence-electron chi connectivity index (χ4n) is 4.13. The van der Waals surface area contributed by atoms with E-state index in [1.807, 2.05) is 21.9 Å². The van der Waals surface area contributed by atoms with Gasteiger partial charge in [0.1, 0.15) is 5.75 Å². The number of nitrogens with zero attached hydrogens (tertiary/aromatic N) is 2. The molecule has 144 valence electrons. The second kappa shape index (κ2) is 7.75. The Balaban J connectivity index is 1.30. The van der Waals surface area contributed by atoms with Crippen molar-refractivity contribution in [2.45, 2.75) is 32.1 Å². The summed E-state index contributed by atoms with van der Waals surface area (Å²) in [6.45, 7) is 2.94. The minimum atomic E-state index is 0.0733. The summed E-state index contributed by atoms with van der Waals surface area (Å²) in [5.41, 5.74) is 2.50. The van der Waals surface area contributed by atoms with E-state index in [9.17, 15) is 9.59 Å². The highest BCUT2D eigenvalue weighted by Crippen LogP contribution is 2.33. The Hall–Kier alpha value is -2.30. The normalized spacial score (nSPS) is 21.0. The summed E-state index contributed by atoms with van der Waals surface area (Å²) >= 11 is 0. The highest BCUT2D eigenvalue weighted by Gasteiger charge is 2.36. The van der Waals surface area contributed by atoms with Gasteiger partial charge in [0.2, 0.25) is 11.8 Å². The van der Waals surface area contributed by atoms with Crippen LogP contribution in [0.2, 0.25) is 0 Å². The Labute approximate surface area is 161 Å². The lowest BCUT2D eigenvalue weighted by Crippen LogP contribution is -2.45. The molecule has 1 aromatic rings. The van der Waals surface area contributed by atoms with Crippen molar-refractivity contribution in [1.82, 2.24) is 9.80 Å². The first-order valence-electron chi connectivity index (χ1n) is 10.1. The van der Waals surface area contributed by atoms with Crippen molar-refractivity contribution in [2.24, 2.45) is 11.8 Å². The first kappa shape index (κ1) is 18.1. The van der Waals surface area contributed by atoms with Crippen LogP contribution in [0.4, 0.5) is 0 Å². The summed E-state index contributed by atoms with van der Waals surface area (Å²) in [4.78, 5) is 29.0. The monoisotopic (exact) mass is 368 g/mol. The molecule has 2 aliphatic heterocycles. The van der Waals surface area contributed by atoms with Crippen LogP contribution in [0, 0.1) is 11.8 Å². The van der Waals surface area contributed by atoms with Gasteiger partial charge in [0.25, 0.3) is 0 Å². The Bertz CT molecular complexity index is 728. The molecule has 3 aliphatic rings. The van der Waals surface area contributed by atoms with E-state index in [-0.39, 0.29) is 17.7 Å². The molecule has 5 nitrogen and oxygen atoms in total. The molecule has 0 N–H and O–H groups in total. The second-order valence-electron chi connectivity index (χ2n) is 7.87. The molecule has 0 radical (unpaired) electrons. The minimum absolute atomic E-state index is 0.0733. The molecular formula is C22H28N2O3. The SMILES string of the molecule is COc1ccc(C2=CCN(C(=O)C3CCN(C(=O)C4CC4)CC3)CC2)cc1. The molecular weight excluding hydrogens is 340 g/mol. The van der Waals surface area contributed by atoms with E-state index < -0.39 is 0 Å². The number of carbonyl (C=O) groups is 2. The summed E-state index contributed by atoms with van der Waals surface area (Å²) in [7, 11) is 1.67. The average Bonchev–Trinajstić information content (AvgIpc) is 3.58. The maximum atomic E-state index is 12.9. The average molecular weight is 368 g/mol. The van der Waals surface area contributed by atoms with E-state index >= 15 is 0 Å². The maximum Gasteiger partial charge on any atom is 0.226 e. The molecule has 0 unspecified atom stereocenters. The fraction of sp³-hybridized carbons (Fsp3) is 0.545. The molecule has 5 heteroatoms. The number of rotatable bonds is 4. The number of hydrogen-bond acceptors (Lipinski definition) is 3. The van der Waals surface area contributed by atoms with Crippen LogP contribution < -0.4 is 4.74 Å². The van der Waals surface area contributed by atoms with Crippen LogP contribution in [0.1, 0.15) is 37.7 Å². The molecule has 1 saturated carbocycles. The molecule has 0 aromatic heterocycles. The zero-order valence-corrected chi connectivity index (χ0v) is 16.0. The summed E-state index contributed by atoms with van der Waals surface area (Å²) in [6, 6.07) is 8.11. The lowest BCUT2D eigenvalue weighted by Gasteiger charge is -2.35. The summed E-state index contributed by atoms with van der Waals surface area (Å²) in [6.07, 6.45) is 6.78. The highest BCUT2D eigenvalue weighted by atomic mass is 16.5.